The molecular weight excluding hydrogens is 260 g/mol. The summed E-state index contributed by atoms with van der Waals surface area (Å²) in [6, 6.07) is 9.65. The molecule has 1 atom stereocenters. The zero-order valence-electron chi connectivity index (χ0n) is 11.3. The number of benzene rings is 1. The number of hydrogen-bond donors (Lipinski definition) is 2. The Bertz CT molecular complexity index is 512. The van der Waals surface area contributed by atoms with Crippen molar-refractivity contribution >= 4 is 10.0 Å². The molecule has 0 spiro atoms. The highest BCUT2D eigenvalue weighted by Gasteiger charge is 2.42. The fraction of sp³-hybridized carbons (Fsp3) is 0.571. The Morgan fingerprint density at radius 2 is 1.95 bits per heavy atom. The molecule has 0 bridgehead atoms. The van der Waals surface area contributed by atoms with Crippen molar-refractivity contribution in [1.82, 2.24) is 4.72 Å². The lowest BCUT2D eigenvalue weighted by Gasteiger charge is -2.29. The summed E-state index contributed by atoms with van der Waals surface area (Å²) in [5.41, 5.74) is 6.29. The van der Waals surface area contributed by atoms with Crippen molar-refractivity contribution in [2.75, 3.05) is 12.3 Å². The molecule has 5 heteroatoms. The Labute approximate surface area is 115 Å². The van der Waals surface area contributed by atoms with Crippen LogP contribution in [0.4, 0.5) is 0 Å². The Morgan fingerprint density at radius 1 is 1.32 bits per heavy atom. The van der Waals surface area contributed by atoms with Gasteiger partial charge in [0, 0.05) is 12.1 Å². The summed E-state index contributed by atoms with van der Waals surface area (Å²) in [5.74, 6) is 0.503. The number of rotatable bonds is 7. The van der Waals surface area contributed by atoms with Crippen LogP contribution in [0, 0.1) is 5.92 Å². The summed E-state index contributed by atoms with van der Waals surface area (Å²) >= 11 is 0. The molecule has 1 unspecified atom stereocenters. The number of sulfonamides is 1. The average Bonchev–Trinajstić information content (AvgIpc) is 3.22. The third kappa shape index (κ3) is 4.03. The molecule has 0 aliphatic heterocycles. The van der Waals surface area contributed by atoms with Gasteiger partial charge in [-0.15, -0.1) is 0 Å². The minimum absolute atomic E-state index is 0.110. The first kappa shape index (κ1) is 14.5. The van der Waals surface area contributed by atoms with Gasteiger partial charge >= 0.3 is 0 Å². The highest BCUT2D eigenvalue weighted by atomic mass is 32.2. The predicted molar refractivity (Wildman–Crippen MR) is 77.3 cm³/mol. The van der Waals surface area contributed by atoms with Crippen molar-refractivity contribution in [1.29, 1.82) is 0 Å². The first-order chi connectivity index (χ1) is 8.95. The summed E-state index contributed by atoms with van der Waals surface area (Å²) in [4.78, 5) is 0. The minimum Gasteiger partial charge on any atom is -0.329 e. The van der Waals surface area contributed by atoms with Gasteiger partial charge in [0.2, 0.25) is 10.0 Å². The van der Waals surface area contributed by atoms with Crippen molar-refractivity contribution in [2.24, 2.45) is 11.7 Å². The lowest BCUT2D eigenvalue weighted by Crippen LogP contribution is -2.53. The summed E-state index contributed by atoms with van der Waals surface area (Å²) < 4.78 is 27.1. The first-order valence-corrected chi connectivity index (χ1v) is 8.36. The Hall–Kier alpha value is -0.910. The molecule has 106 valence electrons. The van der Waals surface area contributed by atoms with Gasteiger partial charge in [0.05, 0.1) is 5.75 Å². The van der Waals surface area contributed by atoms with Crippen LogP contribution in [0.25, 0.3) is 0 Å². The molecule has 0 heterocycles. The van der Waals surface area contributed by atoms with Crippen LogP contribution in [0.1, 0.15) is 25.3 Å². The molecular formula is C14H22N2O2S. The van der Waals surface area contributed by atoms with Crippen LogP contribution in [-0.4, -0.2) is 26.3 Å². The van der Waals surface area contributed by atoms with Crippen molar-refractivity contribution in [3.63, 3.8) is 0 Å². The van der Waals surface area contributed by atoms with Gasteiger partial charge in [0.25, 0.3) is 0 Å². The zero-order chi connectivity index (χ0) is 13.9. The van der Waals surface area contributed by atoms with Gasteiger partial charge in [-0.25, -0.2) is 13.1 Å². The van der Waals surface area contributed by atoms with Gasteiger partial charge in [-0.05, 0) is 37.7 Å². The van der Waals surface area contributed by atoms with E-state index < -0.39 is 15.6 Å². The lowest BCUT2D eigenvalue weighted by atomic mass is 9.98. The van der Waals surface area contributed by atoms with E-state index in [1.165, 1.54) is 0 Å². The van der Waals surface area contributed by atoms with Crippen LogP contribution >= 0.6 is 0 Å². The molecule has 19 heavy (non-hydrogen) atoms. The number of aryl methyl sites for hydroxylation is 1. The van der Waals surface area contributed by atoms with Crippen molar-refractivity contribution in [2.45, 2.75) is 31.7 Å². The van der Waals surface area contributed by atoms with E-state index >= 15 is 0 Å². The topological polar surface area (TPSA) is 72.2 Å². The highest BCUT2D eigenvalue weighted by molar-refractivity contribution is 7.89. The summed E-state index contributed by atoms with van der Waals surface area (Å²) in [7, 11) is -3.28. The van der Waals surface area contributed by atoms with E-state index in [9.17, 15) is 8.42 Å². The van der Waals surface area contributed by atoms with Crippen LogP contribution in [-0.2, 0) is 16.4 Å². The van der Waals surface area contributed by atoms with Crippen LogP contribution in [0.2, 0.25) is 0 Å². The average molecular weight is 282 g/mol. The predicted octanol–water partition coefficient (Wildman–Crippen LogP) is 1.28. The maximum absolute atomic E-state index is 12.1. The van der Waals surface area contributed by atoms with E-state index in [-0.39, 0.29) is 5.75 Å². The maximum Gasteiger partial charge on any atom is 0.212 e. The molecule has 0 aromatic heterocycles. The Morgan fingerprint density at radius 3 is 2.47 bits per heavy atom. The van der Waals surface area contributed by atoms with E-state index in [2.05, 4.69) is 4.72 Å². The van der Waals surface area contributed by atoms with Gasteiger partial charge in [0.15, 0.2) is 0 Å². The number of nitrogens with two attached hydrogens (primary N) is 1. The zero-order valence-corrected chi connectivity index (χ0v) is 12.1. The second-order valence-electron chi connectivity index (χ2n) is 5.55. The molecule has 1 aromatic rings. The number of nitrogens with one attached hydrogen (secondary N) is 1. The van der Waals surface area contributed by atoms with E-state index in [0.29, 0.717) is 18.9 Å². The molecule has 2 rings (SSSR count). The van der Waals surface area contributed by atoms with Crippen molar-refractivity contribution in [3.05, 3.63) is 35.9 Å². The standard InChI is InChI=1S/C14H22N2O2S/c1-14(11-15,13-7-8-13)16-19(17,18)10-9-12-5-3-2-4-6-12/h2-6,13,16H,7-11,15H2,1H3. The second kappa shape index (κ2) is 5.61. The molecule has 1 aliphatic carbocycles. The van der Waals surface area contributed by atoms with E-state index in [0.717, 1.165) is 18.4 Å². The van der Waals surface area contributed by atoms with Gasteiger partial charge in [0.1, 0.15) is 0 Å². The largest absolute Gasteiger partial charge is 0.329 e. The van der Waals surface area contributed by atoms with Crippen LogP contribution in [0.15, 0.2) is 30.3 Å². The molecule has 1 aromatic carbocycles. The van der Waals surface area contributed by atoms with Gasteiger partial charge in [-0.3, -0.25) is 0 Å². The van der Waals surface area contributed by atoms with Crippen LogP contribution < -0.4 is 10.5 Å². The third-order valence-electron chi connectivity index (χ3n) is 3.79. The van der Waals surface area contributed by atoms with Crippen LogP contribution in [0.5, 0.6) is 0 Å². The van der Waals surface area contributed by atoms with Gasteiger partial charge in [-0.2, -0.15) is 0 Å². The number of hydrogen-bond acceptors (Lipinski definition) is 3. The normalized spacial score (nSPS) is 19.1. The smallest absolute Gasteiger partial charge is 0.212 e. The molecule has 0 amide bonds. The lowest BCUT2D eigenvalue weighted by molar-refractivity contribution is 0.374. The Balaban J connectivity index is 1.95. The maximum atomic E-state index is 12.1. The third-order valence-corrected chi connectivity index (χ3v) is 5.31. The minimum atomic E-state index is -3.28. The van der Waals surface area contributed by atoms with Crippen molar-refractivity contribution < 1.29 is 8.42 Å². The van der Waals surface area contributed by atoms with Crippen LogP contribution in [0.3, 0.4) is 0 Å². The highest BCUT2D eigenvalue weighted by Crippen LogP contribution is 2.39. The fourth-order valence-electron chi connectivity index (χ4n) is 2.32. The molecule has 1 fully saturated rings. The molecule has 1 aliphatic rings. The monoisotopic (exact) mass is 282 g/mol. The molecule has 3 N–H and O–H groups in total. The second-order valence-corrected chi connectivity index (χ2v) is 7.39. The van der Waals surface area contributed by atoms with Crippen molar-refractivity contribution in [3.8, 4) is 0 Å². The van der Waals surface area contributed by atoms with Gasteiger partial charge in [-0.1, -0.05) is 30.3 Å². The molecule has 0 radical (unpaired) electrons. The van der Waals surface area contributed by atoms with E-state index in [1.54, 1.807) is 0 Å². The summed E-state index contributed by atoms with van der Waals surface area (Å²) in [6.45, 7) is 2.26. The fourth-order valence-corrected chi connectivity index (χ4v) is 3.88. The molecule has 0 saturated heterocycles. The first-order valence-electron chi connectivity index (χ1n) is 6.71. The molecule has 1 saturated carbocycles. The van der Waals surface area contributed by atoms with E-state index in [4.69, 9.17) is 5.73 Å². The Kier molecular flexibility index (Phi) is 4.28. The SMILES string of the molecule is CC(CN)(NS(=O)(=O)CCc1ccccc1)C1CC1. The summed E-state index contributed by atoms with van der Waals surface area (Å²) in [6.07, 6.45) is 2.66. The summed E-state index contributed by atoms with van der Waals surface area (Å²) in [5, 5.41) is 0. The molecule has 4 nitrogen and oxygen atoms in total. The quantitative estimate of drug-likeness (QED) is 0.791. The van der Waals surface area contributed by atoms with E-state index in [1.807, 2.05) is 37.3 Å². The van der Waals surface area contributed by atoms with Gasteiger partial charge < -0.3 is 5.73 Å².